The first-order valence-electron chi connectivity index (χ1n) is 8.13. The van der Waals surface area contributed by atoms with Gasteiger partial charge >= 0.3 is 0 Å². The molecule has 0 saturated carbocycles. The fourth-order valence-corrected chi connectivity index (χ4v) is 2.71. The van der Waals surface area contributed by atoms with Crippen molar-refractivity contribution in [3.63, 3.8) is 0 Å². The quantitative estimate of drug-likeness (QED) is 0.590. The van der Waals surface area contributed by atoms with Gasteiger partial charge in [0.15, 0.2) is 11.5 Å². The minimum Gasteiger partial charge on any atom is -0.493 e. The van der Waals surface area contributed by atoms with E-state index in [1.165, 1.54) is 25.9 Å². The number of amides is 1. The van der Waals surface area contributed by atoms with Gasteiger partial charge in [0.1, 0.15) is 0 Å². The second kappa shape index (κ2) is 9.20. The molecule has 5 heteroatoms. The molecule has 1 saturated heterocycles. The topological polar surface area (TPSA) is 50.8 Å². The van der Waals surface area contributed by atoms with Crippen LogP contribution in [0, 0.1) is 0 Å². The second-order valence-corrected chi connectivity index (χ2v) is 5.64. The molecular formula is C18H26N2O3. The Bertz CT molecular complexity index is 537. The molecule has 5 nitrogen and oxygen atoms in total. The van der Waals surface area contributed by atoms with Crippen molar-refractivity contribution in [1.82, 2.24) is 10.2 Å². The number of rotatable bonds is 8. The summed E-state index contributed by atoms with van der Waals surface area (Å²) in [6.45, 7) is 4.19. The maximum Gasteiger partial charge on any atom is 0.243 e. The summed E-state index contributed by atoms with van der Waals surface area (Å²) in [5.74, 6) is 1.26. The van der Waals surface area contributed by atoms with Crippen LogP contribution >= 0.6 is 0 Å². The van der Waals surface area contributed by atoms with Crippen LogP contribution in [0.25, 0.3) is 6.08 Å². The Labute approximate surface area is 138 Å². The van der Waals surface area contributed by atoms with E-state index in [4.69, 9.17) is 9.47 Å². The summed E-state index contributed by atoms with van der Waals surface area (Å²) in [4.78, 5) is 14.3. The highest BCUT2D eigenvalue weighted by Crippen LogP contribution is 2.27. The summed E-state index contributed by atoms with van der Waals surface area (Å²) in [6, 6.07) is 5.56. The molecule has 1 N–H and O–H groups in total. The Hall–Kier alpha value is -2.01. The normalized spacial score (nSPS) is 15.0. The molecule has 0 atom stereocenters. The first kappa shape index (κ1) is 17.3. The lowest BCUT2D eigenvalue weighted by molar-refractivity contribution is -0.116. The van der Waals surface area contributed by atoms with Crippen LogP contribution < -0.4 is 14.8 Å². The number of hydrogen-bond acceptors (Lipinski definition) is 4. The summed E-state index contributed by atoms with van der Waals surface area (Å²) in [5, 5.41) is 2.92. The molecule has 126 valence electrons. The third-order valence-electron chi connectivity index (χ3n) is 3.98. The van der Waals surface area contributed by atoms with Crippen molar-refractivity contribution in [2.45, 2.75) is 19.3 Å². The predicted molar refractivity (Wildman–Crippen MR) is 91.9 cm³/mol. The monoisotopic (exact) mass is 318 g/mol. The van der Waals surface area contributed by atoms with Gasteiger partial charge in [-0.2, -0.15) is 0 Å². The molecule has 0 bridgehead atoms. The van der Waals surface area contributed by atoms with E-state index in [-0.39, 0.29) is 5.91 Å². The van der Waals surface area contributed by atoms with Crippen molar-refractivity contribution in [3.8, 4) is 11.5 Å². The molecule has 1 fully saturated rings. The Balaban J connectivity index is 1.74. The fourth-order valence-electron chi connectivity index (χ4n) is 2.71. The molecular weight excluding hydrogens is 292 g/mol. The van der Waals surface area contributed by atoms with Crippen LogP contribution in [-0.2, 0) is 4.79 Å². The van der Waals surface area contributed by atoms with Crippen molar-refractivity contribution in [1.29, 1.82) is 0 Å². The number of likely N-dealkylation sites (tertiary alicyclic amines) is 1. The average Bonchev–Trinajstić information content (AvgIpc) is 3.10. The van der Waals surface area contributed by atoms with Crippen LogP contribution in [0.3, 0.4) is 0 Å². The first-order chi connectivity index (χ1) is 11.2. The number of nitrogens with zero attached hydrogens (tertiary/aromatic N) is 1. The number of carbonyl (C=O) groups excluding carboxylic acids is 1. The molecule has 1 heterocycles. The van der Waals surface area contributed by atoms with E-state index in [0.29, 0.717) is 18.0 Å². The number of benzene rings is 1. The largest absolute Gasteiger partial charge is 0.493 e. The lowest BCUT2D eigenvalue weighted by Gasteiger charge is -2.13. The second-order valence-electron chi connectivity index (χ2n) is 5.64. The third kappa shape index (κ3) is 5.60. The zero-order valence-electron chi connectivity index (χ0n) is 14.0. The van der Waals surface area contributed by atoms with Gasteiger partial charge in [0.05, 0.1) is 14.2 Å². The summed E-state index contributed by atoms with van der Waals surface area (Å²) in [5.41, 5.74) is 0.898. The van der Waals surface area contributed by atoms with E-state index in [0.717, 1.165) is 18.5 Å². The molecule has 0 aromatic heterocycles. The fraction of sp³-hybridized carbons (Fsp3) is 0.500. The highest BCUT2D eigenvalue weighted by atomic mass is 16.5. The molecule has 0 spiro atoms. The van der Waals surface area contributed by atoms with E-state index in [9.17, 15) is 4.79 Å². The average molecular weight is 318 g/mol. The van der Waals surface area contributed by atoms with Crippen molar-refractivity contribution >= 4 is 12.0 Å². The van der Waals surface area contributed by atoms with Crippen LogP contribution in [0.1, 0.15) is 24.8 Å². The third-order valence-corrected chi connectivity index (χ3v) is 3.98. The molecule has 23 heavy (non-hydrogen) atoms. The SMILES string of the molecule is COc1ccc(C=CC(=O)NCCCN2CCCC2)cc1OC. The van der Waals surface area contributed by atoms with Crippen LogP contribution in [0.2, 0.25) is 0 Å². The van der Waals surface area contributed by atoms with Gasteiger partial charge in [-0.3, -0.25) is 4.79 Å². The summed E-state index contributed by atoms with van der Waals surface area (Å²) in [6.07, 6.45) is 6.94. The van der Waals surface area contributed by atoms with E-state index < -0.39 is 0 Å². The van der Waals surface area contributed by atoms with Crippen molar-refractivity contribution in [2.24, 2.45) is 0 Å². The summed E-state index contributed by atoms with van der Waals surface area (Å²) in [7, 11) is 3.20. The van der Waals surface area contributed by atoms with E-state index in [1.54, 1.807) is 26.4 Å². The maximum atomic E-state index is 11.8. The number of ether oxygens (including phenoxy) is 2. The molecule has 0 unspecified atom stereocenters. The molecule has 1 aliphatic heterocycles. The van der Waals surface area contributed by atoms with Crippen molar-refractivity contribution in [2.75, 3.05) is 40.4 Å². The minimum atomic E-state index is -0.0683. The number of carbonyl (C=O) groups is 1. The number of methoxy groups -OCH3 is 2. The van der Waals surface area contributed by atoms with E-state index in [1.807, 2.05) is 18.2 Å². The predicted octanol–water partition coefficient (Wildman–Crippen LogP) is 2.32. The van der Waals surface area contributed by atoms with Crippen LogP contribution in [0.5, 0.6) is 11.5 Å². The van der Waals surface area contributed by atoms with Gasteiger partial charge in [0.25, 0.3) is 0 Å². The highest BCUT2D eigenvalue weighted by molar-refractivity contribution is 5.91. The summed E-state index contributed by atoms with van der Waals surface area (Å²) < 4.78 is 10.4. The standard InChI is InChI=1S/C18H26N2O3/c1-22-16-8-6-15(14-17(16)23-2)7-9-18(21)19-10-5-13-20-11-3-4-12-20/h6-9,14H,3-5,10-13H2,1-2H3,(H,19,21). The zero-order chi connectivity index (χ0) is 16.5. The Morgan fingerprint density at radius 3 is 2.65 bits per heavy atom. The molecule has 0 radical (unpaired) electrons. The molecule has 1 aliphatic rings. The van der Waals surface area contributed by atoms with Crippen LogP contribution in [0.4, 0.5) is 0 Å². The van der Waals surface area contributed by atoms with Gasteiger partial charge in [-0.05, 0) is 62.7 Å². The van der Waals surface area contributed by atoms with E-state index in [2.05, 4.69) is 10.2 Å². The Morgan fingerprint density at radius 2 is 1.96 bits per heavy atom. The lowest BCUT2D eigenvalue weighted by Crippen LogP contribution is -2.27. The Kier molecular flexibility index (Phi) is 6.94. The summed E-state index contributed by atoms with van der Waals surface area (Å²) >= 11 is 0. The van der Waals surface area contributed by atoms with Gasteiger partial charge in [-0.15, -0.1) is 0 Å². The van der Waals surface area contributed by atoms with Gasteiger partial charge in [0, 0.05) is 12.6 Å². The van der Waals surface area contributed by atoms with Gasteiger partial charge < -0.3 is 19.7 Å². The number of nitrogens with one attached hydrogen (secondary N) is 1. The van der Waals surface area contributed by atoms with Gasteiger partial charge in [-0.1, -0.05) is 6.07 Å². The molecule has 1 aromatic carbocycles. The molecule has 1 aromatic rings. The first-order valence-corrected chi connectivity index (χ1v) is 8.13. The minimum absolute atomic E-state index is 0.0683. The molecule has 1 amide bonds. The maximum absolute atomic E-state index is 11.8. The zero-order valence-corrected chi connectivity index (χ0v) is 14.0. The smallest absolute Gasteiger partial charge is 0.243 e. The van der Waals surface area contributed by atoms with E-state index >= 15 is 0 Å². The van der Waals surface area contributed by atoms with Crippen LogP contribution in [-0.4, -0.2) is 51.2 Å². The van der Waals surface area contributed by atoms with Crippen LogP contribution in [0.15, 0.2) is 24.3 Å². The lowest BCUT2D eigenvalue weighted by atomic mass is 10.2. The molecule has 2 rings (SSSR count). The van der Waals surface area contributed by atoms with Gasteiger partial charge in [0.2, 0.25) is 5.91 Å². The highest BCUT2D eigenvalue weighted by Gasteiger charge is 2.10. The number of hydrogen-bond donors (Lipinski definition) is 1. The van der Waals surface area contributed by atoms with Gasteiger partial charge in [-0.25, -0.2) is 0 Å². The van der Waals surface area contributed by atoms with Crippen molar-refractivity contribution < 1.29 is 14.3 Å². The Morgan fingerprint density at radius 1 is 1.22 bits per heavy atom. The van der Waals surface area contributed by atoms with Crippen molar-refractivity contribution in [3.05, 3.63) is 29.8 Å². The molecule has 0 aliphatic carbocycles.